The summed E-state index contributed by atoms with van der Waals surface area (Å²) in [5, 5.41) is 3.66. The molecule has 7 nitrogen and oxygen atoms in total. The Morgan fingerprint density at radius 3 is 2.08 bits per heavy atom. The molecule has 0 unspecified atom stereocenters. The molecule has 3 aromatic rings. The summed E-state index contributed by atoms with van der Waals surface area (Å²) >= 11 is 12.5. The first-order chi connectivity index (χ1) is 18.6. The molecule has 3 aromatic carbocycles. The van der Waals surface area contributed by atoms with Gasteiger partial charge in [-0.05, 0) is 94.6 Å². The standard InChI is InChI=1S/C30H35Cl2N3O4S/c1-20-14-21(2)16-25(15-20)35(40(38,39)26-10-8-7-9-11-26)19-28(36)34(22(3)29(37)33-30(4,5)6)18-23-12-13-24(31)17-27(23)32/h7-17,22H,18-19H2,1-6H3,(H,33,37)/t22-/m0/s1. The number of carbonyl (C=O) groups is 2. The zero-order chi connectivity index (χ0) is 29.8. The third-order valence-electron chi connectivity index (χ3n) is 6.13. The van der Waals surface area contributed by atoms with Crippen LogP contribution in [0.1, 0.15) is 44.4 Å². The van der Waals surface area contributed by atoms with Gasteiger partial charge in [0.05, 0.1) is 10.6 Å². The van der Waals surface area contributed by atoms with Crippen LogP contribution in [0, 0.1) is 13.8 Å². The molecule has 0 aliphatic carbocycles. The van der Waals surface area contributed by atoms with Crippen LogP contribution in [-0.4, -0.2) is 43.3 Å². The molecule has 0 bridgehead atoms. The summed E-state index contributed by atoms with van der Waals surface area (Å²) in [4.78, 5) is 28.6. The number of rotatable bonds is 9. The van der Waals surface area contributed by atoms with Crippen molar-refractivity contribution in [3.05, 3.63) is 93.5 Å². The number of halogens is 2. The summed E-state index contributed by atoms with van der Waals surface area (Å²) in [6.45, 7) is 10.3. The van der Waals surface area contributed by atoms with Crippen molar-refractivity contribution in [1.82, 2.24) is 10.2 Å². The lowest BCUT2D eigenvalue weighted by Gasteiger charge is -2.33. The maximum absolute atomic E-state index is 14.0. The summed E-state index contributed by atoms with van der Waals surface area (Å²) in [6.07, 6.45) is 0. The van der Waals surface area contributed by atoms with Crippen LogP contribution in [0.3, 0.4) is 0 Å². The van der Waals surface area contributed by atoms with Gasteiger partial charge >= 0.3 is 0 Å². The predicted molar refractivity (Wildman–Crippen MR) is 161 cm³/mol. The Labute approximate surface area is 247 Å². The fourth-order valence-electron chi connectivity index (χ4n) is 4.23. The van der Waals surface area contributed by atoms with Crippen LogP contribution in [-0.2, 0) is 26.2 Å². The Hall–Kier alpha value is -3.07. The van der Waals surface area contributed by atoms with E-state index >= 15 is 0 Å². The Balaban J connectivity index is 2.08. The zero-order valence-electron chi connectivity index (χ0n) is 23.5. The minimum Gasteiger partial charge on any atom is -0.350 e. The molecule has 0 heterocycles. The Kier molecular flexibility index (Phi) is 9.93. The van der Waals surface area contributed by atoms with Crippen LogP contribution >= 0.6 is 23.2 Å². The smallest absolute Gasteiger partial charge is 0.264 e. The van der Waals surface area contributed by atoms with E-state index in [0.717, 1.165) is 15.4 Å². The topological polar surface area (TPSA) is 86.8 Å². The van der Waals surface area contributed by atoms with Crippen molar-refractivity contribution >= 4 is 50.7 Å². The predicted octanol–water partition coefficient (Wildman–Crippen LogP) is 6.14. The molecule has 0 saturated heterocycles. The van der Waals surface area contributed by atoms with Gasteiger partial charge in [0.15, 0.2) is 0 Å². The van der Waals surface area contributed by atoms with E-state index in [-0.39, 0.29) is 17.3 Å². The summed E-state index contributed by atoms with van der Waals surface area (Å²) < 4.78 is 28.9. The SMILES string of the molecule is Cc1cc(C)cc(N(CC(=O)N(Cc2ccc(Cl)cc2Cl)[C@@H](C)C(=O)NC(C)(C)C)S(=O)(=O)c2ccccc2)c1. The second-order valence-electron chi connectivity index (χ2n) is 10.8. The minimum absolute atomic E-state index is 0.0281. The number of anilines is 1. The van der Waals surface area contributed by atoms with Gasteiger partial charge < -0.3 is 10.2 Å². The maximum Gasteiger partial charge on any atom is 0.264 e. The number of nitrogens with one attached hydrogen (secondary N) is 1. The lowest BCUT2D eigenvalue weighted by molar-refractivity contribution is -0.140. The van der Waals surface area contributed by atoms with E-state index in [1.54, 1.807) is 55.5 Å². The number of sulfonamides is 1. The molecule has 214 valence electrons. The highest BCUT2D eigenvalue weighted by atomic mass is 35.5. The van der Waals surface area contributed by atoms with Crippen LogP contribution in [0.2, 0.25) is 10.0 Å². The first kappa shape index (κ1) is 31.5. The van der Waals surface area contributed by atoms with E-state index in [9.17, 15) is 18.0 Å². The molecule has 2 amide bonds. The fourth-order valence-corrected chi connectivity index (χ4v) is 6.12. The summed E-state index contributed by atoms with van der Waals surface area (Å²) in [6, 6.07) is 17.3. The van der Waals surface area contributed by atoms with E-state index in [1.165, 1.54) is 17.0 Å². The molecular weight excluding hydrogens is 569 g/mol. The zero-order valence-corrected chi connectivity index (χ0v) is 25.9. The molecule has 3 rings (SSSR count). The molecule has 1 atom stereocenters. The summed E-state index contributed by atoms with van der Waals surface area (Å²) in [7, 11) is -4.14. The molecule has 0 aromatic heterocycles. The van der Waals surface area contributed by atoms with Crippen molar-refractivity contribution in [3.63, 3.8) is 0 Å². The average Bonchev–Trinajstić information content (AvgIpc) is 2.85. The number of hydrogen-bond acceptors (Lipinski definition) is 4. The molecule has 0 radical (unpaired) electrons. The van der Waals surface area contributed by atoms with E-state index in [1.807, 2.05) is 40.7 Å². The van der Waals surface area contributed by atoms with Crippen molar-refractivity contribution in [2.45, 2.75) is 64.6 Å². The lowest BCUT2D eigenvalue weighted by atomic mass is 10.1. The van der Waals surface area contributed by atoms with Crippen LogP contribution in [0.25, 0.3) is 0 Å². The summed E-state index contributed by atoms with van der Waals surface area (Å²) in [5.41, 5.74) is 2.07. The molecule has 0 aliphatic rings. The van der Waals surface area contributed by atoms with Gasteiger partial charge in [-0.1, -0.05) is 53.5 Å². The second kappa shape index (κ2) is 12.6. The van der Waals surface area contributed by atoms with Gasteiger partial charge in [-0.15, -0.1) is 0 Å². The van der Waals surface area contributed by atoms with Gasteiger partial charge in [0, 0.05) is 22.1 Å². The first-order valence-corrected chi connectivity index (χ1v) is 15.0. The van der Waals surface area contributed by atoms with E-state index in [0.29, 0.717) is 21.3 Å². The first-order valence-electron chi connectivity index (χ1n) is 12.8. The van der Waals surface area contributed by atoms with Crippen LogP contribution in [0.15, 0.2) is 71.6 Å². The Morgan fingerprint density at radius 1 is 0.925 bits per heavy atom. The van der Waals surface area contributed by atoms with Gasteiger partial charge in [0.25, 0.3) is 10.0 Å². The highest BCUT2D eigenvalue weighted by Gasteiger charge is 2.33. The number of hydrogen-bond donors (Lipinski definition) is 1. The van der Waals surface area contributed by atoms with Crippen molar-refractivity contribution in [2.24, 2.45) is 0 Å². The molecule has 0 saturated carbocycles. The van der Waals surface area contributed by atoms with Gasteiger partial charge in [-0.2, -0.15) is 0 Å². The minimum atomic E-state index is -4.14. The number of carbonyl (C=O) groups excluding carboxylic acids is 2. The number of benzene rings is 3. The van der Waals surface area contributed by atoms with Gasteiger partial charge in [0.2, 0.25) is 11.8 Å². The highest BCUT2D eigenvalue weighted by Crippen LogP contribution is 2.28. The van der Waals surface area contributed by atoms with E-state index < -0.39 is 34.1 Å². The molecule has 0 spiro atoms. The fraction of sp³-hybridized carbons (Fsp3) is 0.333. The Morgan fingerprint density at radius 2 is 1.52 bits per heavy atom. The number of amides is 2. The van der Waals surface area contributed by atoms with Crippen molar-refractivity contribution in [1.29, 1.82) is 0 Å². The van der Waals surface area contributed by atoms with Crippen LogP contribution in [0.5, 0.6) is 0 Å². The summed E-state index contributed by atoms with van der Waals surface area (Å²) in [5.74, 6) is -0.948. The molecular formula is C30H35Cl2N3O4S. The molecule has 1 N–H and O–H groups in total. The lowest BCUT2D eigenvalue weighted by Crippen LogP contribution is -2.54. The van der Waals surface area contributed by atoms with Crippen LogP contribution < -0.4 is 9.62 Å². The molecule has 10 heteroatoms. The van der Waals surface area contributed by atoms with Crippen LogP contribution in [0.4, 0.5) is 5.69 Å². The second-order valence-corrected chi connectivity index (χ2v) is 13.5. The average molecular weight is 605 g/mol. The maximum atomic E-state index is 14.0. The normalized spacial score (nSPS) is 12.5. The highest BCUT2D eigenvalue weighted by molar-refractivity contribution is 7.92. The van der Waals surface area contributed by atoms with E-state index in [2.05, 4.69) is 5.32 Å². The largest absolute Gasteiger partial charge is 0.350 e. The molecule has 0 fully saturated rings. The number of nitrogens with zero attached hydrogens (tertiary/aromatic N) is 2. The van der Waals surface area contributed by atoms with Crippen molar-refractivity contribution in [3.8, 4) is 0 Å². The third kappa shape index (κ3) is 7.99. The van der Waals surface area contributed by atoms with Crippen molar-refractivity contribution in [2.75, 3.05) is 10.8 Å². The third-order valence-corrected chi connectivity index (χ3v) is 8.50. The molecule has 40 heavy (non-hydrogen) atoms. The van der Waals surface area contributed by atoms with Gasteiger partial charge in [-0.25, -0.2) is 8.42 Å². The number of aryl methyl sites for hydroxylation is 2. The Bertz CT molecular complexity index is 1470. The van der Waals surface area contributed by atoms with Crippen molar-refractivity contribution < 1.29 is 18.0 Å². The monoisotopic (exact) mass is 603 g/mol. The van der Waals surface area contributed by atoms with E-state index in [4.69, 9.17) is 23.2 Å². The van der Waals surface area contributed by atoms with Gasteiger partial charge in [-0.3, -0.25) is 13.9 Å². The quantitative estimate of drug-likeness (QED) is 0.318. The van der Waals surface area contributed by atoms with Gasteiger partial charge in [0.1, 0.15) is 12.6 Å². The molecule has 0 aliphatic heterocycles.